The first kappa shape index (κ1) is 21.0. The van der Waals surface area contributed by atoms with Crippen molar-refractivity contribution in [3.05, 3.63) is 47.3 Å². The number of halogens is 3. The largest absolute Gasteiger partial charge is 0.403 e. The number of hydrogen-bond donors (Lipinski definition) is 1. The van der Waals surface area contributed by atoms with E-state index in [4.69, 9.17) is 4.98 Å². The number of hydrogen-bond acceptors (Lipinski definition) is 4. The van der Waals surface area contributed by atoms with Crippen molar-refractivity contribution in [1.82, 2.24) is 19.9 Å². The lowest BCUT2D eigenvalue weighted by Crippen LogP contribution is -2.39. The molecule has 166 valence electrons. The van der Waals surface area contributed by atoms with Crippen molar-refractivity contribution >= 4 is 11.0 Å². The molecule has 32 heavy (non-hydrogen) atoms. The van der Waals surface area contributed by atoms with Gasteiger partial charge in [0.25, 0.3) is 0 Å². The zero-order valence-corrected chi connectivity index (χ0v) is 17.8. The smallest absolute Gasteiger partial charge is 0.320 e. The fraction of sp³-hybridized carbons (Fsp3) is 0.458. The van der Waals surface area contributed by atoms with Gasteiger partial charge in [0.2, 0.25) is 0 Å². The first-order valence-corrected chi connectivity index (χ1v) is 11.1. The van der Waals surface area contributed by atoms with Crippen LogP contribution in [0.4, 0.5) is 13.2 Å². The van der Waals surface area contributed by atoms with Crippen molar-refractivity contribution < 1.29 is 13.2 Å². The van der Waals surface area contributed by atoms with E-state index in [1.165, 1.54) is 5.56 Å². The second kappa shape index (κ2) is 7.89. The van der Waals surface area contributed by atoms with Crippen LogP contribution in [0, 0.1) is 11.3 Å². The second-order valence-electron chi connectivity index (χ2n) is 8.90. The number of nitrogens with zero attached hydrogens (tertiary/aromatic N) is 4. The van der Waals surface area contributed by atoms with Gasteiger partial charge >= 0.3 is 6.18 Å². The van der Waals surface area contributed by atoms with Crippen LogP contribution in [0.5, 0.6) is 0 Å². The van der Waals surface area contributed by atoms with E-state index in [0.29, 0.717) is 22.7 Å². The molecule has 2 aliphatic carbocycles. The zero-order chi connectivity index (χ0) is 22.5. The van der Waals surface area contributed by atoms with Crippen LogP contribution in [-0.2, 0) is 6.54 Å². The van der Waals surface area contributed by atoms with Crippen LogP contribution in [0.2, 0.25) is 0 Å². The summed E-state index contributed by atoms with van der Waals surface area (Å²) in [5, 5.41) is 13.4. The SMILES string of the molecule is CC(NCc1ccc(-c2c(C#N)c3cc(C4CC4)cnc3n2C2CCC2)nc1)C(F)(F)F. The Labute approximate surface area is 184 Å². The molecule has 0 radical (unpaired) electrons. The predicted octanol–water partition coefficient (Wildman–Crippen LogP) is 5.61. The van der Waals surface area contributed by atoms with Gasteiger partial charge in [-0.3, -0.25) is 4.98 Å². The highest BCUT2D eigenvalue weighted by Gasteiger charge is 2.35. The van der Waals surface area contributed by atoms with Crippen molar-refractivity contribution in [1.29, 1.82) is 5.26 Å². The minimum atomic E-state index is -4.29. The molecule has 3 aromatic rings. The van der Waals surface area contributed by atoms with Gasteiger partial charge in [0.1, 0.15) is 17.8 Å². The van der Waals surface area contributed by atoms with E-state index in [-0.39, 0.29) is 12.6 Å². The molecule has 0 bridgehead atoms. The van der Waals surface area contributed by atoms with Gasteiger partial charge in [-0.25, -0.2) is 4.98 Å². The molecule has 5 rings (SSSR count). The van der Waals surface area contributed by atoms with Gasteiger partial charge < -0.3 is 9.88 Å². The number of nitrogens with one attached hydrogen (secondary N) is 1. The Balaban J connectivity index is 1.52. The van der Waals surface area contributed by atoms with Gasteiger partial charge in [0.05, 0.1) is 17.0 Å². The third-order valence-corrected chi connectivity index (χ3v) is 6.63. The van der Waals surface area contributed by atoms with Gasteiger partial charge in [-0.2, -0.15) is 18.4 Å². The summed E-state index contributed by atoms with van der Waals surface area (Å²) >= 11 is 0. The van der Waals surface area contributed by atoms with E-state index in [1.54, 1.807) is 18.3 Å². The maximum absolute atomic E-state index is 12.7. The van der Waals surface area contributed by atoms with E-state index in [2.05, 4.69) is 27.0 Å². The minimum absolute atomic E-state index is 0.0664. The molecule has 0 aromatic carbocycles. The number of fused-ring (bicyclic) bond motifs is 1. The molecule has 2 fully saturated rings. The summed E-state index contributed by atoms with van der Waals surface area (Å²) in [5.74, 6) is 0.540. The normalized spacial score (nSPS) is 17.8. The van der Waals surface area contributed by atoms with Crippen LogP contribution in [0.15, 0.2) is 30.6 Å². The van der Waals surface area contributed by atoms with E-state index >= 15 is 0 Å². The van der Waals surface area contributed by atoms with Crippen LogP contribution in [0.25, 0.3) is 22.4 Å². The fourth-order valence-corrected chi connectivity index (χ4v) is 4.26. The Bertz CT molecular complexity index is 1180. The average Bonchev–Trinajstić information content (AvgIpc) is 3.54. The lowest BCUT2D eigenvalue weighted by molar-refractivity contribution is -0.151. The molecule has 1 N–H and O–H groups in total. The fourth-order valence-electron chi connectivity index (χ4n) is 4.26. The molecular weight excluding hydrogens is 415 g/mol. The van der Waals surface area contributed by atoms with Crippen LogP contribution >= 0.6 is 0 Å². The molecule has 3 heterocycles. The highest BCUT2D eigenvalue weighted by atomic mass is 19.4. The summed E-state index contributed by atoms with van der Waals surface area (Å²) in [6.45, 7) is 1.16. The first-order chi connectivity index (χ1) is 15.4. The summed E-state index contributed by atoms with van der Waals surface area (Å²) in [6, 6.07) is 6.73. The van der Waals surface area contributed by atoms with Gasteiger partial charge in [-0.15, -0.1) is 0 Å². The van der Waals surface area contributed by atoms with Crippen LogP contribution in [0.1, 0.15) is 67.7 Å². The number of pyridine rings is 2. The first-order valence-electron chi connectivity index (χ1n) is 11.1. The molecule has 0 amide bonds. The Kier molecular flexibility index (Phi) is 5.17. The van der Waals surface area contributed by atoms with Crippen LogP contribution in [-0.4, -0.2) is 26.8 Å². The lowest BCUT2D eigenvalue weighted by atomic mass is 9.92. The predicted molar refractivity (Wildman–Crippen MR) is 115 cm³/mol. The Morgan fingerprint density at radius 3 is 2.53 bits per heavy atom. The number of aromatic nitrogens is 3. The molecule has 1 unspecified atom stereocenters. The summed E-state index contributed by atoms with van der Waals surface area (Å²) in [4.78, 5) is 9.30. The summed E-state index contributed by atoms with van der Waals surface area (Å²) in [7, 11) is 0. The molecule has 0 aliphatic heterocycles. The molecule has 8 heteroatoms. The molecule has 1 atom stereocenters. The van der Waals surface area contributed by atoms with Crippen LogP contribution < -0.4 is 5.32 Å². The molecule has 0 spiro atoms. The lowest BCUT2D eigenvalue weighted by Gasteiger charge is -2.29. The maximum Gasteiger partial charge on any atom is 0.403 e. The van der Waals surface area contributed by atoms with Crippen molar-refractivity contribution in [2.75, 3.05) is 0 Å². The van der Waals surface area contributed by atoms with E-state index in [9.17, 15) is 18.4 Å². The van der Waals surface area contributed by atoms with Crippen molar-refractivity contribution in [2.45, 2.75) is 69.8 Å². The zero-order valence-electron chi connectivity index (χ0n) is 17.8. The number of rotatable bonds is 6. The van der Waals surface area contributed by atoms with Crippen molar-refractivity contribution in [2.24, 2.45) is 0 Å². The number of alkyl halides is 3. The summed E-state index contributed by atoms with van der Waals surface area (Å²) in [5.41, 5.74) is 4.63. The molecule has 0 saturated heterocycles. The van der Waals surface area contributed by atoms with E-state index < -0.39 is 12.2 Å². The van der Waals surface area contributed by atoms with E-state index in [1.807, 2.05) is 6.20 Å². The third kappa shape index (κ3) is 3.75. The monoisotopic (exact) mass is 439 g/mol. The topological polar surface area (TPSA) is 66.5 Å². The van der Waals surface area contributed by atoms with Gasteiger partial charge in [0.15, 0.2) is 0 Å². The van der Waals surface area contributed by atoms with Gasteiger partial charge in [-0.1, -0.05) is 6.07 Å². The van der Waals surface area contributed by atoms with E-state index in [0.717, 1.165) is 55.8 Å². The molecule has 3 aromatic heterocycles. The maximum atomic E-state index is 12.7. The quantitative estimate of drug-likeness (QED) is 0.542. The van der Waals surface area contributed by atoms with Crippen molar-refractivity contribution in [3.63, 3.8) is 0 Å². The molecule has 5 nitrogen and oxygen atoms in total. The summed E-state index contributed by atoms with van der Waals surface area (Å²) < 4.78 is 40.4. The van der Waals surface area contributed by atoms with Gasteiger partial charge in [0, 0.05) is 30.4 Å². The highest BCUT2D eigenvalue weighted by molar-refractivity contribution is 5.92. The summed E-state index contributed by atoms with van der Waals surface area (Å²) in [6.07, 6.45) is 4.76. The Hall–Kier alpha value is -2.92. The van der Waals surface area contributed by atoms with Crippen molar-refractivity contribution in [3.8, 4) is 17.5 Å². The molecular formula is C24H24F3N5. The Morgan fingerprint density at radius 2 is 1.97 bits per heavy atom. The minimum Gasteiger partial charge on any atom is -0.320 e. The third-order valence-electron chi connectivity index (χ3n) is 6.63. The average molecular weight is 439 g/mol. The molecule has 2 aliphatic rings. The standard InChI is InChI=1S/C24H24F3N5/c1-14(24(25,26)27)29-11-15-5-8-21(30-12-15)22-20(10-28)19-9-17(16-6-7-16)13-31-23(19)32(22)18-3-2-4-18/h5,8-9,12-14,16,18,29H,2-4,6-7,11H2,1H3. The molecule has 2 saturated carbocycles. The van der Waals surface area contributed by atoms with Crippen LogP contribution in [0.3, 0.4) is 0 Å². The number of nitriles is 1. The van der Waals surface area contributed by atoms with Gasteiger partial charge in [-0.05, 0) is 68.2 Å². The Morgan fingerprint density at radius 1 is 1.19 bits per heavy atom. The second-order valence-corrected chi connectivity index (χ2v) is 8.90. The highest BCUT2D eigenvalue weighted by Crippen LogP contribution is 2.44.